The Morgan fingerprint density at radius 3 is 2.33 bits per heavy atom. The SMILES string of the molecule is CCC(C)CC1CCC(c2ccc(C#Cc3cc(C)c(N=C=S)c(F)c3)cc2)CC1. The summed E-state index contributed by atoms with van der Waals surface area (Å²) in [4.78, 5) is 3.78. The highest BCUT2D eigenvalue weighted by molar-refractivity contribution is 7.78. The molecule has 0 saturated heterocycles. The van der Waals surface area contributed by atoms with Crippen molar-refractivity contribution in [3.63, 3.8) is 0 Å². The molecule has 0 spiro atoms. The van der Waals surface area contributed by atoms with Gasteiger partial charge in [0.15, 0.2) is 5.82 Å². The fourth-order valence-electron chi connectivity index (χ4n) is 4.45. The maximum atomic E-state index is 14.2. The smallest absolute Gasteiger partial charge is 0.151 e. The number of thiocarbonyl (C=S) groups is 1. The normalized spacial score (nSPS) is 19.3. The van der Waals surface area contributed by atoms with Gasteiger partial charge >= 0.3 is 0 Å². The number of nitrogens with zero attached hydrogens (tertiary/aromatic N) is 1. The molecule has 0 N–H and O–H groups in total. The first kappa shape index (κ1) is 22.4. The summed E-state index contributed by atoms with van der Waals surface area (Å²) in [5, 5.41) is 2.22. The Bertz CT molecular complexity index is 945. The Kier molecular flexibility index (Phi) is 7.97. The number of aliphatic imine (C=N–C) groups is 1. The van der Waals surface area contributed by atoms with E-state index in [1.807, 2.05) is 6.07 Å². The number of benzene rings is 2. The van der Waals surface area contributed by atoms with E-state index in [1.54, 1.807) is 6.92 Å². The molecule has 3 heteroatoms. The molecule has 2 aromatic carbocycles. The third-order valence-corrected chi connectivity index (χ3v) is 6.52. The van der Waals surface area contributed by atoms with E-state index in [-0.39, 0.29) is 5.69 Å². The quantitative estimate of drug-likeness (QED) is 0.272. The number of hydrogen-bond acceptors (Lipinski definition) is 2. The molecule has 0 radical (unpaired) electrons. The van der Waals surface area contributed by atoms with Crippen molar-refractivity contribution in [2.45, 2.75) is 65.2 Å². The van der Waals surface area contributed by atoms with Crippen LogP contribution in [-0.4, -0.2) is 5.16 Å². The van der Waals surface area contributed by atoms with E-state index in [9.17, 15) is 4.39 Å². The van der Waals surface area contributed by atoms with Crippen LogP contribution >= 0.6 is 12.2 Å². The molecule has 0 aliphatic heterocycles. The molecule has 0 heterocycles. The molecule has 1 unspecified atom stereocenters. The summed E-state index contributed by atoms with van der Waals surface area (Å²) in [6.45, 7) is 6.47. The number of halogens is 1. The van der Waals surface area contributed by atoms with E-state index in [2.05, 4.69) is 72.3 Å². The summed E-state index contributed by atoms with van der Waals surface area (Å²) in [6.07, 6.45) is 7.97. The molecule has 1 aliphatic rings. The molecule has 3 rings (SSSR count). The minimum absolute atomic E-state index is 0.235. The molecular weight excluding hydrogens is 389 g/mol. The molecule has 1 saturated carbocycles. The maximum absolute atomic E-state index is 14.2. The minimum Gasteiger partial charge on any atom is -0.205 e. The lowest BCUT2D eigenvalue weighted by Crippen LogP contribution is -2.15. The molecule has 1 fully saturated rings. The van der Waals surface area contributed by atoms with Crippen LogP contribution in [0.5, 0.6) is 0 Å². The van der Waals surface area contributed by atoms with E-state index < -0.39 is 5.82 Å². The molecule has 30 heavy (non-hydrogen) atoms. The zero-order valence-corrected chi connectivity index (χ0v) is 19.0. The van der Waals surface area contributed by atoms with Gasteiger partial charge in [0, 0.05) is 11.1 Å². The van der Waals surface area contributed by atoms with Crippen molar-refractivity contribution in [1.29, 1.82) is 0 Å². The van der Waals surface area contributed by atoms with E-state index in [1.165, 1.54) is 50.2 Å². The lowest BCUT2D eigenvalue weighted by Gasteiger charge is -2.30. The van der Waals surface area contributed by atoms with E-state index in [0.29, 0.717) is 17.0 Å². The molecule has 0 amide bonds. The molecule has 1 nitrogen and oxygen atoms in total. The first-order chi connectivity index (χ1) is 14.5. The second kappa shape index (κ2) is 10.7. The Labute approximate surface area is 185 Å². The highest BCUT2D eigenvalue weighted by Gasteiger charge is 2.23. The number of aryl methyl sites for hydroxylation is 1. The van der Waals surface area contributed by atoms with Gasteiger partial charge in [0.2, 0.25) is 0 Å². The summed E-state index contributed by atoms with van der Waals surface area (Å²) in [6, 6.07) is 11.8. The van der Waals surface area contributed by atoms with Gasteiger partial charge < -0.3 is 0 Å². The average molecular weight is 420 g/mol. The van der Waals surface area contributed by atoms with Crippen LogP contribution in [0.2, 0.25) is 0 Å². The van der Waals surface area contributed by atoms with Crippen molar-refractivity contribution >= 4 is 23.1 Å². The Morgan fingerprint density at radius 2 is 1.73 bits per heavy atom. The van der Waals surface area contributed by atoms with Crippen molar-refractivity contribution in [3.8, 4) is 11.8 Å². The highest BCUT2D eigenvalue weighted by Crippen LogP contribution is 2.38. The van der Waals surface area contributed by atoms with Crippen LogP contribution in [0, 0.1) is 36.4 Å². The standard InChI is InChI=1S/C27H30FNS/c1-4-19(2)15-22-9-13-25(14-10-22)24-11-7-21(8-12-24)5-6-23-16-20(3)27(29-18-30)26(28)17-23/h7-8,11-12,16-17,19,22,25H,4,9-10,13-15H2,1-3H3. The van der Waals surface area contributed by atoms with Crippen LogP contribution in [0.1, 0.15) is 80.5 Å². The zero-order chi connectivity index (χ0) is 21.5. The molecule has 1 aliphatic carbocycles. The van der Waals surface area contributed by atoms with Crippen LogP contribution in [0.15, 0.2) is 41.4 Å². The van der Waals surface area contributed by atoms with Crippen molar-refractivity contribution in [2.75, 3.05) is 0 Å². The lowest BCUT2D eigenvalue weighted by molar-refractivity contribution is 0.273. The highest BCUT2D eigenvalue weighted by atomic mass is 32.1. The summed E-state index contributed by atoms with van der Waals surface area (Å²) in [7, 11) is 0. The van der Waals surface area contributed by atoms with Crippen molar-refractivity contribution < 1.29 is 4.39 Å². The number of hydrogen-bond donors (Lipinski definition) is 0. The van der Waals surface area contributed by atoms with Crippen molar-refractivity contribution in [1.82, 2.24) is 0 Å². The van der Waals surface area contributed by atoms with Gasteiger partial charge in [-0.05, 0) is 104 Å². The number of rotatable bonds is 5. The van der Waals surface area contributed by atoms with Gasteiger partial charge in [-0.1, -0.05) is 44.2 Å². The molecule has 0 bridgehead atoms. The van der Waals surface area contributed by atoms with Crippen LogP contribution in [0.4, 0.5) is 10.1 Å². The van der Waals surface area contributed by atoms with Crippen LogP contribution < -0.4 is 0 Å². The third-order valence-electron chi connectivity index (χ3n) is 6.42. The lowest BCUT2D eigenvalue weighted by atomic mass is 9.75. The fourth-order valence-corrected chi connectivity index (χ4v) is 4.54. The Balaban J connectivity index is 1.63. The van der Waals surface area contributed by atoms with Gasteiger partial charge in [-0.3, -0.25) is 0 Å². The van der Waals surface area contributed by atoms with Crippen LogP contribution in [-0.2, 0) is 0 Å². The van der Waals surface area contributed by atoms with E-state index in [0.717, 1.165) is 17.4 Å². The van der Waals surface area contributed by atoms with E-state index in [4.69, 9.17) is 0 Å². The van der Waals surface area contributed by atoms with Gasteiger partial charge in [0.05, 0.1) is 5.16 Å². The number of isothiocyanates is 1. The second-order valence-electron chi connectivity index (χ2n) is 8.67. The molecule has 0 aromatic heterocycles. The predicted octanol–water partition coefficient (Wildman–Crippen LogP) is 7.98. The van der Waals surface area contributed by atoms with Gasteiger partial charge in [-0.15, -0.1) is 0 Å². The van der Waals surface area contributed by atoms with Crippen LogP contribution in [0.3, 0.4) is 0 Å². The Morgan fingerprint density at radius 1 is 1.07 bits per heavy atom. The minimum atomic E-state index is -0.420. The van der Waals surface area contributed by atoms with Crippen molar-refractivity contribution in [3.05, 3.63) is 64.5 Å². The van der Waals surface area contributed by atoms with E-state index >= 15 is 0 Å². The van der Waals surface area contributed by atoms with Gasteiger partial charge in [-0.25, -0.2) is 4.39 Å². The largest absolute Gasteiger partial charge is 0.205 e. The molecule has 156 valence electrons. The summed E-state index contributed by atoms with van der Waals surface area (Å²) < 4.78 is 14.2. The average Bonchev–Trinajstić information content (AvgIpc) is 2.75. The molecule has 2 aromatic rings. The topological polar surface area (TPSA) is 12.4 Å². The molecule has 1 atom stereocenters. The maximum Gasteiger partial charge on any atom is 0.151 e. The fraction of sp³-hybridized carbons (Fsp3) is 0.444. The van der Waals surface area contributed by atoms with Gasteiger partial charge in [0.25, 0.3) is 0 Å². The zero-order valence-electron chi connectivity index (χ0n) is 18.2. The first-order valence-electron chi connectivity index (χ1n) is 11.0. The van der Waals surface area contributed by atoms with Gasteiger partial charge in [0.1, 0.15) is 5.69 Å². The third kappa shape index (κ3) is 5.88. The predicted molar refractivity (Wildman–Crippen MR) is 127 cm³/mol. The monoisotopic (exact) mass is 419 g/mol. The summed E-state index contributed by atoms with van der Waals surface area (Å²) in [5.74, 6) is 8.22. The summed E-state index contributed by atoms with van der Waals surface area (Å²) >= 11 is 4.57. The Hall–Kier alpha value is -2.27. The summed E-state index contributed by atoms with van der Waals surface area (Å²) in [5.41, 5.74) is 3.95. The van der Waals surface area contributed by atoms with Crippen molar-refractivity contribution in [2.24, 2.45) is 16.8 Å². The second-order valence-corrected chi connectivity index (χ2v) is 8.85. The first-order valence-corrected chi connectivity index (χ1v) is 11.4. The molecular formula is C27H30FNS. The van der Waals surface area contributed by atoms with Crippen LogP contribution in [0.25, 0.3) is 0 Å². The van der Waals surface area contributed by atoms with Gasteiger partial charge in [-0.2, -0.15) is 4.99 Å².